The maximum atomic E-state index is 12.2. The minimum atomic E-state index is 0.214. The summed E-state index contributed by atoms with van der Waals surface area (Å²) in [6.07, 6.45) is 3.75. The lowest BCUT2D eigenvalue weighted by molar-refractivity contribution is -0.0379. The van der Waals surface area contributed by atoms with Gasteiger partial charge in [0.15, 0.2) is 5.78 Å². The van der Waals surface area contributed by atoms with Crippen LogP contribution in [0.15, 0.2) is 28.7 Å². The van der Waals surface area contributed by atoms with Gasteiger partial charge in [0.05, 0.1) is 12.2 Å². The third-order valence-electron chi connectivity index (χ3n) is 3.95. The van der Waals surface area contributed by atoms with Gasteiger partial charge in [0.1, 0.15) is 0 Å². The molecule has 2 atom stereocenters. The molecule has 2 saturated heterocycles. The molecule has 2 fully saturated rings. The molecule has 0 aliphatic carbocycles. The zero-order chi connectivity index (χ0) is 13.2. The van der Waals surface area contributed by atoms with Crippen LogP contribution in [-0.2, 0) is 4.74 Å². The van der Waals surface area contributed by atoms with Crippen molar-refractivity contribution in [2.45, 2.75) is 31.5 Å². The van der Waals surface area contributed by atoms with Crippen LogP contribution in [0.5, 0.6) is 0 Å². The summed E-state index contributed by atoms with van der Waals surface area (Å²) in [5.41, 5.74) is 0.790. The van der Waals surface area contributed by atoms with Crippen LogP contribution in [0, 0.1) is 0 Å². The summed E-state index contributed by atoms with van der Waals surface area (Å²) in [5.74, 6) is 0.214. The molecule has 2 aliphatic heterocycles. The SMILES string of the molecule is O=C(CCN1CC2CCC(C1)O2)c1ccccc1Br. The van der Waals surface area contributed by atoms with Crippen LogP contribution in [0.4, 0.5) is 0 Å². The first-order chi connectivity index (χ1) is 9.22. The van der Waals surface area contributed by atoms with Gasteiger partial charge in [-0.15, -0.1) is 0 Å². The Bertz CT molecular complexity index is 465. The monoisotopic (exact) mass is 323 g/mol. The number of ketones is 1. The molecule has 0 aromatic heterocycles. The first kappa shape index (κ1) is 13.3. The third-order valence-corrected chi connectivity index (χ3v) is 4.64. The highest BCUT2D eigenvalue weighted by molar-refractivity contribution is 9.10. The molecule has 3 rings (SSSR count). The molecule has 0 N–H and O–H groups in total. The zero-order valence-corrected chi connectivity index (χ0v) is 12.4. The molecule has 1 aromatic carbocycles. The Morgan fingerprint density at radius 1 is 1.26 bits per heavy atom. The second-order valence-electron chi connectivity index (χ2n) is 5.37. The summed E-state index contributed by atoms with van der Waals surface area (Å²) >= 11 is 3.44. The van der Waals surface area contributed by atoms with Gasteiger partial charge in [-0.1, -0.05) is 34.1 Å². The predicted octanol–water partition coefficient (Wildman–Crippen LogP) is 2.89. The topological polar surface area (TPSA) is 29.5 Å². The minimum Gasteiger partial charge on any atom is -0.372 e. The number of Topliss-reactive ketones (excluding diaryl/α,β-unsaturated/α-hetero) is 1. The van der Waals surface area contributed by atoms with Gasteiger partial charge in [-0.25, -0.2) is 0 Å². The van der Waals surface area contributed by atoms with Gasteiger partial charge in [0, 0.05) is 36.1 Å². The van der Waals surface area contributed by atoms with Gasteiger partial charge in [0.25, 0.3) is 0 Å². The molecule has 2 bridgehead atoms. The predicted molar refractivity (Wildman–Crippen MR) is 77.4 cm³/mol. The number of carbonyl (C=O) groups excluding carboxylic acids is 1. The normalized spacial score (nSPS) is 26.6. The van der Waals surface area contributed by atoms with Gasteiger partial charge in [-0.05, 0) is 18.9 Å². The van der Waals surface area contributed by atoms with E-state index in [1.165, 1.54) is 12.8 Å². The van der Waals surface area contributed by atoms with Crippen LogP contribution in [-0.4, -0.2) is 42.5 Å². The van der Waals surface area contributed by atoms with Gasteiger partial charge >= 0.3 is 0 Å². The lowest BCUT2D eigenvalue weighted by atomic mass is 10.1. The molecule has 2 heterocycles. The largest absolute Gasteiger partial charge is 0.372 e. The minimum absolute atomic E-state index is 0.214. The summed E-state index contributed by atoms with van der Waals surface area (Å²) in [7, 11) is 0. The molecule has 3 nitrogen and oxygen atoms in total. The number of hydrogen-bond acceptors (Lipinski definition) is 3. The average Bonchev–Trinajstić information content (AvgIpc) is 2.76. The van der Waals surface area contributed by atoms with Crippen LogP contribution in [0.2, 0.25) is 0 Å². The number of likely N-dealkylation sites (tertiary alicyclic amines) is 1. The van der Waals surface area contributed by atoms with E-state index in [-0.39, 0.29) is 5.78 Å². The molecule has 2 unspecified atom stereocenters. The molecular weight excluding hydrogens is 306 g/mol. The second kappa shape index (κ2) is 5.73. The van der Waals surface area contributed by atoms with Crippen molar-refractivity contribution in [1.82, 2.24) is 4.90 Å². The first-order valence-corrected chi connectivity index (χ1v) is 7.67. The Balaban J connectivity index is 1.55. The van der Waals surface area contributed by atoms with Crippen LogP contribution in [0.3, 0.4) is 0 Å². The lowest BCUT2D eigenvalue weighted by Crippen LogP contribution is -2.43. The fraction of sp³-hybridized carbons (Fsp3) is 0.533. The first-order valence-electron chi connectivity index (χ1n) is 6.88. The average molecular weight is 324 g/mol. The molecule has 0 saturated carbocycles. The van der Waals surface area contributed by atoms with Gasteiger partial charge in [-0.3, -0.25) is 9.69 Å². The number of nitrogens with zero attached hydrogens (tertiary/aromatic N) is 1. The Labute approximate surface area is 122 Å². The summed E-state index contributed by atoms with van der Waals surface area (Å²) in [4.78, 5) is 14.6. The van der Waals surface area contributed by atoms with Crippen molar-refractivity contribution in [2.24, 2.45) is 0 Å². The number of rotatable bonds is 4. The van der Waals surface area contributed by atoms with Crippen LogP contribution < -0.4 is 0 Å². The van der Waals surface area contributed by atoms with E-state index in [4.69, 9.17) is 4.74 Å². The smallest absolute Gasteiger partial charge is 0.165 e. The number of carbonyl (C=O) groups is 1. The van der Waals surface area contributed by atoms with E-state index >= 15 is 0 Å². The maximum Gasteiger partial charge on any atom is 0.165 e. The van der Waals surface area contributed by atoms with Crippen molar-refractivity contribution < 1.29 is 9.53 Å². The maximum absolute atomic E-state index is 12.2. The Hall–Kier alpha value is -0.710. The molecule has 0 spiro atoms. The molecule has 0 amide bonds. The number of fused-ring (bicyclic) bond motifs is 2. The molecule has 19 heavy (non-hydrogen) atoms. The van der Waals surface area contributed by atoms with Gasteiger partial charge in [-0.2, -0.15) is 0 Å². The van der Waals surface area contributed by atoms with E-state index in [2.05, 4.69) is 20.8 Å². The highest BCUT2D eigenvalue weighted by Gasteiger charge is 2.33. The number of hydrogen-bond donors (Lipinski definition) is 0. The lowest BCUT2D eigenvalue weighted by Gasteiger charge is -2.31. The summed E-state index contributed by atoms with van der Waals surface area (Å²) in [6, 6.07) is 7.64. The number of benzene rings is 1. The van der Waals surface area contributed by atoms with Gasteiger partial charge in [0.2, 0.25) is 0 Å². The van der Waals surface area contributed by atoms with Crippen molar-refractivity contribution in [3.8, 4) is 0 Å². The number of morpholine rings is 1. The van der Waals surface area contributed by atoms with E-state index < -0.39 is 0 Å². The fourth-order valence-corrected chi connectivity index (χ4v) is 3.47. The Morgan fingerprint density at radius 2 is 1.95 bits per heavy atom. The van der Waals surface area contributed by atoms with Gasteiger partial charge < -0.3 is 4.74 Å². The zero-order valence-electron chi connectivity index (χ0n) is 10.8. The Kier molecular flexibility index (Phi) is 4.01. The fourth-order valence-electron chi connectivity index (χ4n) is 2.96. The van der Waals surface area contributed by atoms with Crippen LogP contribution in [0.25, 0.3) is 0 Å². The highest BCUT2D eigenvalue weighted by atomic mass is 79.9. The van der Waals surface area contributed by atoms with Crippen LogP contribution in [0.1, 0.15) is 29.6 Å². The molecule has 0 radical (unpaired) electrons. The second-order valence-corrected chi connectivity index (χ2v) is 6.22. The van der Waals surface area contributed by atoms with Crippen molar-refractivity contribution in [2.75, 3.05) is 19.6 Å². The summed E-state index contributed by atoms with van der Waals surface area (Å²) in [5, 5.41) is 0. The van der Waals surface area contributed by atoms with E-state index in [1.807, 2.05) is 24.3 Å². The summed E-state index contributed by atoms with van der Waals surface area (Å²) < 4.78 is 6.69. The van der Waals surface area contributed by atoms with Crippen molar-refractivity contribution in [3.05, 3.63) is 34.3 Å². The quantitative estimate of drug-likeness (QED) is 0.798. The van der Waals surface area contributed by atoms with Crippen molar-refractivity contribution >= 4 is 21.7 Å². The van der Waals surface area contributed by atoms with E-state index in [1.54, 1.807) is 0 Å². The van der Waals surface area contributed by atoms with Crippen molar-refractivity contribution in [3.63, 3.8) is 0 Å². The molecule has 4 heteroatoms. The summed E-state index contributed by atoms with van der Waals surface area (Å²) in [6.45, 7) is 2.82. The van der Waals surface area contributed by atoms with Crippen molar-refractivity contribution in [1.29, 1.82) is 0 Å². The standard InChI is InChI=1S/C15H18BrNO2/c16-14-4-2-1-3-13(14)15(18)7-8-17-9-11-5-6-12(10-17)19-11/h1-4,11-12H,5-10H2. The molecular formula is C15H18BrNO2. The number of ether oxygens (including phenoxy) is 1. The third kappa shape index (κ3) is 3.07. The molecule has 1 aromatic rings. The molecule has 2 aliphatic rings. The number of halogens is 1. The van der Waals surface area contributed by atoms with E-state index in [9.17, 15) is 4.79 Å². The van der Waals surface area contributed by atoms with E-state index in [0.717, 1.165) is 29.7 Å². The van der Waals surface area contributed by atoms with Crippen LogP contribution >= 0.6 is 15.9 Å². The van der Waals surface area contributed by atoms with E-state index in [0.29, 0.717) is 18.6 Å². The highest BCUT2D eigenvalue weighted by Crippen LogP contribution is 2.26. The Morgan fingerprint density at radius 3 is 2.63 bits per heavy atom. The molecule has 102 valence electrons.